The van der Waals surface area contributed by atoms with Gasteiger partial charge in [0, 0.05) is 49.9 Å². The molecular weight excluding hydrogens is 318 g/mol. The van der Waals surface area contributed by atoms with Crippen molar-refractivity contribution in [3.63, 3.8) is 0 Å². The highest BCUT2D eigenvalue weighted by Crippen LogP contribution is 2.27. The fourth-order valence-electron chi connectivity index (χ4n) is 3.21. The first-order valence-corrected chi connectivity index (χ1v) is 9.17. The van der Waals surface area contributed by atoms with Crippen molar-refractivity contribution in [3.8, 4) is 5.88 Å². The van der Waals surface area contributed by atoms with Gasteiger partial charge in [0.05, 0.1) is 25.4 Å². The van der Waals surface area contributed by atoms with Gasteiger partial charge in [0.1, 0.15) is 0 Å². The maximum absolute atomic E-state index is 12.7. The Morgan fingerprint density at radius 1 is 1.28 bits per heavy atom. The number of pyridine rings is 1. The van der Waals surface area contributed by atoms with Crippen molar-refractivity contribution in [3.05, 3.63) is 23.9 Å². The molecule has 0 saturated carbocycles. The molecule has 3 heterocycles. The van der Waals surface area contributed by atoms with E-state index >= 15 is 0 Å². The Balaban J connectivity index is 1.55. The molecule has 3 rings (SSSR count). The molecule has 25 heavy (non-hydrogen) atoms. The minimum absolute atomic E-state index is 0.0593. The number of rotatable bonds is 5. The lowest BCUT2D eigenvalue weighted by atomic mass is 9.90. The van der Waals surface area contributed by atoms with E-state index in [-0.39, 0.29) is 11.3 Å². The monoisotopic (exact) mass is 347 g/mol. The van der Waals surface area contributed by atoms with E-state index in [2.05, 4.69) is 30.7 Å². The molecule has 0 spiro atoms. The zero-order valence-electron chi connectivity index (χ0n) is 15.5. The van der Waals surface area contributed by atoms with E-state index in [1.807, 2.05) is 11.0 Å². The molecule has 2 aliphatic rings. The molecule has 0 aromatic carbocycles. The van der Waals surface area contributed by atoms with Gasteiger partial charge in [-0.05, 0) is 26.3 Å². The molecule has 0 atom stereocenters. The number of nitrogens with zero attached hydrogens (tertiary/aromatic N) is 3. The zero-order chi connectivity index (χ0) is 17.9. The van der Waals surface area contributed by atoms with E-state index in [1.165, 1.54) is 0 Å². The van der Waals surface area contributed by atoms with Crippen molar-refractivity contribution in [2.45, 2.75) is 33.2 Å². The summed E-state index contributed by atoms with van der Waals surface area (Å²) in [5.41, 5.74) is 0.716. The molecule has 0 bridgehead atoms. The molecule has 0 N–H and O–H groups in total. The highest BCUT2D eigenvalue weighted by molar-refractivity contribution is 5.94. The van der Waals surface area contributed by atoms with Gasteiger partial charge in [0.15, 0.2) is 0 Å². The number of carbonyl (C=O) groups excluding carboxylic acids is 1. The van der Waals surface area contributed by atoms with Gasteiger partial charge in [-0.1, -0.05) is 6.92 Å². The van der Waals surface area contributed by atoms with Crippen LogP contribution in [0, 0.1) is 5.41 Å². The Bertz CT molecular complexity index is 584. The first-order valence-electron chi connectivity index (χ1n) is 9.17. The molecule has 0 aliphatic carbocycles. The zero-order valence-corrected chi connectivity index (χ0v) is 15.5. The van der Waals surface area contributed by atoms with Crippen LogP contribution in [0.4, 0.5) is 0 Å². The summed E-state index contributed by atoms with van der Waals surface area (Å²) in [4.78, 5) is 21.4. The van der Waals surface area contributed by atoms with Gasteiger partial charge in [-0.3, -0.25) is 9.69 Å². The Hall–Kier alpha value is -1.66. The number of ether oxygens (including phenoxy) is 2. The van der Waals surface area contributed by atoms with Crippen LogP contribution in [-0.4, -0.2) is 72.7 Å². The molecule has 1 aromatic rings. The maximum Gasteiger partial charge on any atom is 0.255 e. The van der Waals surface area contributed by atoms with Gasteiger partial charge in [-0.15, -0.1) is 0 Å². The highest BCUT2D eigenvalue weighted by Gasteiger charge is 2.34. The van der Waals surface area contributed by atoms with E-state index < -0.39 is 0 Å². The number of aromatic nitrogens is 1. The summed E-state index contributed by atoms with van der Waals surface area (Å²) in [5, 5.41) is 0. The van der Waals surface area contributed by atoms with Crippen molar-refractivity contribution in [2.24, 2.45) is 5.41 Å². The van der Waals surface area contributed by atoms with E-state index in [4.69, 9.17) is 9.47 Å². The molecule has 138 valence electrons. The van der Waals surface area contributed by atoms with Crippen LogP contribution >= 0.6 is 0 Å². The van der Waals surface area contributed by atoms with Gasteiger partial charge in [0.2, 0.25) is 5.88 Å². The van der Waals surface area contributed by atoms with Crippen LogP contribution in [0.2, 0.25) is 0 Å². The minimum atomic E-state index is 0.0593. The highest BCUT2D eigenvalue weighted by atomic mass is 16.5. The molecule has 6 heteroatoms. The van der Waals surface area contributed by atoms with E-state index in [1.54, 1.807) is 12.3 Å². The van der Waals surface area contributed by atoms with E-state index in [0.29, 0.717) is 24.1 Å². The van der Waals surface area contributed by atoms with Crippen molar-refractivity contribution >= 4 is 5.91 Å². The lowest BCUT2D eigenvalue weighted by Gasteiger charge is -2.37. The van der Waals surface area contributed by atoms with Crippen LogP contribution in [0.5, 0.6) is 5.88 Å². The predicted molar refractivity (Wildman–Crippen MR) is 95.9 cm³/mol. The van der Waals surface area contributed by atoms with Gasteiger partial charge in [-0.2, -0.15) is 0 Å². The Morgan fingerprint density at radius 3 is 2.68 bits per heavy atom. The largest absolute Gasteiger partial charge is 0.477 e. The fraction of sp³-hybridized carbons (Fsp3) is 0.684. The van der Waals surface area contributed by atoms with Gasteiger partial charge >= 0.3 is 0 Å². The molecular formula is C19H29N3O3. The summed E-state index contributed by atoms with van der Waals surface area (Å²) in [7, 11) is 0. The second kappa shape index (κ2) is 7.70. The first kappa shape index (κ1) is 18.1. The summed E-state index contributed by atoms with van der Waals surface area (Å²) in [6.07, 6.45) is 2.64. The third-order valence-corrected chi connectivity index (χ3v) is 5.00. The standard InChI is InChI=1S/C19H29N3O3/c1-15(2)21-7-4-8-22(10-9-21)18(23)16-5-6-17(20-11-16)25-14-19(3)12-24-13-19/h5-6,11,15H,4,7-10,12-14H2,1-3H3. The third kappa shape index (κ3) is 4.50. The molecule has 6 nitrogen and oxygen atoms in total. The quantitative estimate of drug-likeness (QED) is 0.816. The minimum Gasteiger partial charge on any atom is -0.477 e. The van der Waals surface area contributed by atoms with Crippen molar-refractivity contribution in [1.29, 1.82) is 0 Å². The number of hydrogen-bond acceptors (Lipinski definition) is 5. The summed E-state index contributed by atoms with van der Waals surface area (Å²) in [6.45, 7) is 12.1. The van der Waals surface area contributed by atoms with Gasteiger partial charge < -0.3 is 14.4 Å². The van der Waals surface area contributed by atoms with Crippen LogP contribution in [0.15, 0.2) is 18.3 Å². The molecule has 2 fully saturated rings. The van der Waals surface area contributed by atoms with E-state index in [0.717, 1.165) is 45.8 Å². The third-order valence-electron chi connectivity index (χ3n) is 5.00. The van der Waals surface area contributed by atoms with E-state index in [9.17, 15) is 4.79 Å². The smallest absolute Gasteiger partial charge is 0.255 e. The summed E-state index contributed by atoms with van der Waals surface area (Å²) in [6, 6.07) is 4.13. The normalized spacial score (nSPS) is 20.9. The number of amides is 1. The van der Waals surface area contributed by atoms with Crippen LogP contribution in [0.3, 0.4) is 0 Å². The van der Waals surface area contributed by atoms with Gasteiger partial charge in [-0.25, -0.2) is 4.98 Å². The Kier molecular flexibility index (Phi) is 5.59. The van der Waals surface area contributed by atoms with Crippen molar-refractivity contribution in [1.82, 2.24) is 14.8 Å². The van der Waals surface area contributed by atoms with Crippen LogP contribution < -0.4 is 4.74 Å². The summed E-state index contributed by atoms with van der Waals surface area (Å²) >= 11 is 0. The van der Waals surface area contributed by atoms with Crippen LogP contribution in [0.1, 0.15) is 37.6 Å². The summed E-state index contributed by atoms with van der Waals surface area (Å²) in [5.74, 6) is 0.621. The number of hydrogen-bond donors (Lipinski definition) is 0. The lowest BCUT2D eigenvalue weighted by molar-refractivity contribution is -0.120. The van der Waals surface area contributed by atoms with Crippen molar-refractivity contribution < 1.29 is 14.3 Å². The fourth-order valence-corrected chi connectivity index (χ4v) is 3.21. The second-order valence-electron chi connectivity index (χ2n) is 7.75. The summed E-state index contributed by atoms with van der Waals surface area (Å²) < 4.78 is 11.0. The van der Waals surface area contributed by atoms with Crippen LogP contribution in [-0.2, 0) is 4.74 Å². The molecule has 0 unspecified atom stereocenters. The maximum atomic E-state index is 12.7. The average Bonchev–Trinajstić information content (AvgIpc) is 2.84. The Morgan fingerprint density at radius 2 is 2.08 bits per heavy atom. The van der Waals surface area contributed by atoms with Crippen molar-refractivity contribution in [2.75, 3.05) is 46.0 Å². The van der Waals surface area contributed by atoms with Crippen LogP contribution in [0.25, 0.3) is 0 Å². The predicted octanol–water partition coefficient (Wildman–Crippen LogP) is 2.05. The molecule has 1 amide bonds. The first-order chi connectivity index (χ1) is 12.0. The lowest BCUT2D eigenvalue weighted by Crippen LogP contribution is -2.44. The van der Waals surface area contributed by atoms with Gasteiger partial charge in [0.25, 0.3) is 5.91 Å². The SMILES string of the molecule is CC(C)N1CCCN(C(=O)c2ccc(OCC3(C)COC3)nc2)CC1. The molecule has 0 radical (unpaired) electrons. The second-order valence-corrected chi connectivity index (χ2v) is 7.75. The topological polar surface area (TPSA) is 54.9 Å². The molecule has 1 aromatic heterocycles. The molecule has 2 aliphatic heterocycles. The average molecular weight is 347 g/mol. The molecule has 2 saturated heterocycles. The number of carbonyl (C=O) groups is 1. The Labute approximate surface area is 150 Å².